The van der Waals surface area contributed by atoms with Gasteiger partial charge in [0.05, 0.1) is 5.69 Å². The van der Waals surface area contributed by atoms with Gasteiger partial charge in [-0.1, -0.05) is 32.3 Å². The minimum absolute atomic E-state index is 0.123. The summed E-state index contributed by atoms with van der Waals surface area (Å²) in [6.45, 7) is 7.46. The van der Waals surface area contributed by atoms with E-state index in [4.69, 9.17) is 0 Å². The van der Waals surface area contributed by atoms with E-state index < -0.39 is 0 Å². The molecule has 112 valence electrons. The number of aliphatic hydroxyl groups excluding tert-OH is 1. The summed E-state index contributed by atoms with van der Waals surface area (Å²) in [5.41, 5.74) is 2.33. The van der Waals surface area contributed by atoms with E-state index in [-0.39, 0.29) is 5.41 Å². The van der Waals surface area contributed by atoms with E-state index in [1.807, 2.05) is 13.0 Å². The lowest BCUT2D eigenvalue weighted by molar-refractivity contribution is 0.0391. The molecule has 1 aliphatic rings. The van der Waals surface area contributed by atoms with Crippen molar-refractivity contribution in [2.75, 3.05) is 19.7 Å². The maximum atomic E-state index is 9.85. The van der Waals surface area contributed by atoms with Crippen LogP contribution in [0.25, 0.3) is 0 Å². The van der Waals surface area contributed by atoms with E-state index >= 15 is 0 Å². The molecule has 1 heterocycles. The first kappa shape index (κ1) is 15.5. The second kappa shape index (κ2) is 7.19. The van der Waals surface area contributed by atoms with Crippen LogP contribution in [0.2, 0.25) is 0 Å². The highest BCUT2D eigenvalue weighted by molar-refractivity contribution is 5.09. The number of nitrogens with zero attached hydrogens (tertiary/aromatic N) is 2. The van der Waals surface area contributed by atoms with Gasteiger partial charge in [-0.05, 0) is 38.4 Å². The Labute approximate surface area is 123 Å². The van der Waals surface area contributed by atoms with E-state index in [1.165, 1.54) is 32.1 Å². The minimum Gasteiger partial charge on any atom is -0.396 e. The Hall–Kier alpha value is -0.930. The molecule has 0 atom stereocenters. The molecule has 0 aliphatic heterocycles. The van der Waals surface area contributed by atoms with Crippen LogP contribution in [0.15, 0.2) is 18.2 Å². The second-order valence-electron chi connectivity index (χ2n) is 6.29. The summed E-state index contributed by atoms with van der Waals surface area (Å²) in [6.07, 6.45) is 6.19. The van der Waals surface area contributed by atoms with Crippen LogP contribution in [0.4, 0.5) is 0 Å². The number of hydrogen-bond donors (Lipinski definition) is 1. The van der Waals surface area contributed by atoms with Gasteiger partial charge >= 0.3 is 0 Å². The van der Waals surface area contributed by atoms with E-state index in [1.54, 1.807) is 0 Å². The van der Waals surface area contributed by atoms with Gasteiger partial charge in [-0.15, -0.1) is 0 Å². The average Bonchev–Trinajstić information content (AvgIpc) is 2.47. The molecule has 0 unspecified atom stereocenters. The maximum absolute atomic E-state index is 9.85. The standard InChI is InChI=1S/C17H28N2O/c1-3-19(12-16-9-7-8-15(2)18-16)13-17(14-20)10-5-4-6-11-17/h7-9,20H,3-6,10-14H2,1-2H3. The van der Waals surface area contributed by atoms with Crippen LogP contribution in [0.1, 0.15) is 50.4 Å². The lowest BCUT2D eigenvalue weighted by Crippen LogP contribution is -2.41. The molecule has 0 saturated heterocycles. The molecule has 3 nitrogen and oxygen atoms in total. The maximum Gasteiger partial charge on any atom is 0.0547 e. The third-order valence-electron chi connectivity index (χ3n) is 4.59. The normalized spacial score (nSPS) is 18.4. The van der Waals surface area contributed by atoms with Crippen LogP contribution >= 0.6 is 0 Å². The van der Waals surface area contributed by atoms with Crippen LogP contribution in [-0.4, -0.2) is 34.7 Å². The molecule has 1 aromatic rings. The van der Waals surface area contributed by atoms with Gasteiger partial charge in [0, 0.05) is 30.8 Å². The fraction of sp³-hybridized carbons (Fsp3) is 0.706. The lowest BCUT2D eigenvalue weighted by atomic mass is 9.74. The third kappa shape index (κ3) is 4.03. The predicted molar refractivity (Wildman–Crippen MR) is 82.5 cm³/mol. The number of hydrogen-bond acceptors (Lipinski definition) is 3. The summed E-state index contributed by atoms with van der Waals surface area (Å²) < 4.78 is 0. The highest BCUT2D eigenvalue weighted by Gasteiger charge is 2.33. The molecule has 3 heteroatoms. The van der Waals surface area contributed by atoms with Crippen molar-refractivity contribution in [1.29, 1.82) is 0 Å². The SMILES string of the molecule is CCN(Cc1cccc(C)n1)CC1(CO)CCCCC1. The lowest BCUT2D eigenvalue weighted by Gasteiger charge is -2.39. The number of pyridine rings is 1. The van der Waals surface area contributed by atoms with Crippen LogP contribution < -0.4 is 0 Å². The fourth-order valence-corrected chi connectivity index (χ4v) is 3.34. The molecule has 1 aliphatic carbocycles. The monoisotopic (exact) mass is 276 g/mol. The van der Waals surface area contributed by atoms with Crippen molar-refractivity contribution in [3.63, 3.8) is 0 Å². The molecule has 1 N–H and O–H groups in total. The number of aryl methyl sites for hydroxylation is 1. The molecule has 1 saturated carbocycles. The molecule has 2 rings (SSSR count). The molecular weight excluding hydrogens is 248 g/mol. The van der Waals surface area contributed by atoms with Crippen molar-refractivity contribution in [3.8, 4) is 0 Å². The van der Waals surface area contributed by atoms with E-state index in [0.29, 0.717) is 6.61 Å². The van der Waals surface area contributed by atoms with Crippen molar-refractivity contribution >= 4 is 0 Å². The van der Waals surface area contributed by atoms with Gasteiger partial charge in [-0.25, -0.2) is 0 Å². The van der Waals surface area contributed by atoms with Crippen molar-refractivity contribution in [3.05, 3.63) is 29.6 Å². The fourth-order valence-electron chi connectivity index (χ4n) is 3.34. The third-order valence-corrected chi connectivity index (χ3v) is 4.59. The minimum atomic E-state index is 0.123. The average molecular weight is 276 g/mol. The Morgan fingerprint density at radius 2 is 2.00 bits per heavy atom. The van der Waals surface area contributed by atoms with Crippen LogP contribution in [0.5, 0.6) is 0 Å². The molecule has 0 radical (unpaired) electrons. The van der Waals surface area contributed by atoms with Crippen LogP contribution in [-0.2, 0) is 6.54 Å². The van der Waals surface area contributed by atoms with E-state index in [2.05, 4.69) is 28.9 Å². The van der Waals surface area contributed by atoms with Crippen LogP contribution in [0.3, 0.4) is 0 Å². The Kier molecular flexibility index (Phi) is 5.55. The van der Waals surface area contributed by atoms with E-state index in [9.17, 15) is 5.11 Å². The van der Waals surface area contributed by atoms with Crippen molar-refractivity contribution in [1.82, 2.24) is 9.88 Å². The molecule has 1 fully saturated rings. The summed E-state index contributed by atoms with van der Waals surface area (Å²) in [5.74, 6) is 0. The second-order valence-corrected chi connectivity index (χ2v) is 6.29. The van der Waals surface area contributed by atoms with Gasteiger partial charge in [0.15, 0.2) is 0 Å². The topological polar surface area (TPSA) is 36.4 Å². The number of rotatable bonds is 6. The predicted octanol–water partition coefficient (Wildman–Crippen LogP) is 3.15. The highest BCUT2D eigenvalue weighted by Crippen LogP contribution is 2.36. The van der Waals surface area contributed by atoms with Gasteiger partial charge in [-0.3, -0.25) is 9.88 Å². The molecule has 1 aromatic heterocycles. The van der Waals surface area contributed by atoms with Gasteiger partial charge < -0.3 is 5.11 Å². The first-order valence-electron chi connectivity index (χ1n) is 7.93. The Morgan fingerprint density at radius 3 is 2.60 bits per heavy atom. The number of aliphatic hydroxyl groups is 1. The number of aromatic nitrogens is 1. The molecular formula is C17H28N2O. The molecule has 0 amide bonds. The van der Waals surface area contributed by atoms with E-state index in [0.717, 1.165) is 31.0 Å². The molecule has 20 heavy (non-hydrogen) atoms. The van der Waals surface area contributed by atoms with Gasteiger partial charge in [0.2, 0.25) is 0 Å². The summed E-state index contributed by atoms with van der Waals surface area (Å²) in [5, 5.41) is 9.85. The smallest absolute Gasteiger partial charge is 0.0547 e. The first-order chi connectivity index (χ1) is 9.67. The Balaban J connectivity index is 2.00. The van der Waals surface area contributed by atoms with Crippen LogP contribution in [0, 0.1) is 12.3 Å². The zero-order chi connectivity index (χ0) is 14.4. The van der Waals surface area contributed by atoms with Gasteiger partial charge in [-0.2, -0.15) is 0 Å². The summed E-state index contributed by atoms with van der Waals surface area (Å²) in [4.78, 5) is 7.03. The van der Waals surface area contributed by atoms with Crippen molar-refractivity contribution < 1.29 is 5.11 Å². The zero-order valence-electron chi connectivity index (χ0n) is 12.9. The summed E-state index contributed by atoms with van der Waals surface area (Å²) >= 11 is 0. The van der Waals surface area contributed by atoms with Gasteiger partial charge in [0.1, 0.15) is 0 Å². The van der Waals surface area contributed by atoms with Crippen molar-refractivity contribution in [2.45, 2.75) is 52.5 Å². The van der Waals surface area contributed by atoms with Crippen molar-refractivity contribution in [2.24, 2.45) is 5.41 Å². The first-order valence-corrected chi connectivity index (χ1v) is 7.93. The van der Waals surface area contributed by atoms with Gasteiger partial charge in [0.25, 0.3) is 0 Å². The molecule has 0 bridgehead atoms. The quantitative estimate of drug-likeness (QED) is 0.867. The summed E-state index contributed by atoms with van der Waals surface area (Å²) in [7, 11) is 0. The highest BCUT2D eigenvalue weighted by atomic mass is 16.3. The Bertz CT molecular complexity index is 413. The summed E-state index contributed by atoms with van der Waals surface area (Å²) in [6, 6.07) is 6.21. The molecule has 0 spiro atoms. The largest absolute Gasteiger partial charge is 0.396 e. The Morgan fingerprint density at radius 1 is 1.25 bits per heavy atom. The zero-order valence-corrected chi connectivity index (χ0v) is 12.9. The molecule has 0 aromatic carbocycles.